The molecule has 2 saturated heterocycles. The maximum absolute atomic E-state index is 10.1. The molecule has 5 aliphatic rings. The fraction of sp³-hybridized carbons (Fsp3) is 0.469. The summed E-state index contributed by atoms with van der Waals surface area (Å²) in [6.45, 7) is 6.62. The number of rotatable bonds is 11. The van der Waals surface area contributed by atoms with Crippen LogP contribution in [0.2, 0.25) is 0 Å². The molecule has 4 fully saturated rings. The summed E-state index contributed by atoms with van der Waals surface area (Å²) in [5, 5.41) is 32.7. The first-order chi connectivity index (χ1) is 32.3. The number of anilines is 3. The Balaban J connectivity index is 0.804. The van der Waals surface area contributed by atoms with Gasteiger partial charge in [-0.3, -0.25) is 0 Å². The van der Waals surface area contributed by atoms with Crippen molar-refractivity contribution in [3.63, 3.8) is 0 Å². The van der Waals surface area contributed by atoms with Crippen molar-refractivity contribution in [3.8, 4) is 23.6 Å². The summed E-state index contributed by atoms with van der Waals surface area (Å²) in [4.78, 5) is 23.7. The first-order valence-electron chi connectivity index (χ1n) is 23.3. The van der Waals surface area contributed by atoms with Crippen molar-refractivity contribution in [1.29, 1.82) is 10.5 Å². The van der Waals surface area contributed by atoms with Gasteiger partial charge in [0, 0.05) is 61.2 Å². The van der Waals surface area contributed by atoms with E-state index < -0.39 is 0 Å². The van der Waals surface area contributed by atoms with Crippen LogP contribution in [-0.2, 0) is 9.47 Å². The zero-order valence-corrected chi connectivity index (χ0v) is 37.3. The van der Waals surface area contributed by atoms with Gasteiger partial charge in [0.15, 0.2) is 0 Å². The summed E-state index contributed by atoms with van der Waals surface area (Å²) in [5.41, 5.74) is 7.45. The fourth-order valence-corrected chi connectivity index (χ4v) is 10.7. The van der Waals surface area contributed by atoms with Crippen LogP contribution in [0, 0.1) is 36.5 Å². The zero-order valence-electron chi connectivity index (χ0n) is 37.3. The van der Waals surface area contributed by atoms with Crippen molar-refractivity contribution in [1.82, 2.24) is 39.2 Å². The predicted molar refractivity (Wildman–Crippen MR) is 245 cm³/mol. The molecular formula is C49H53N13O4. The van der Waals surface area contributed by atoms with Crippen LogP contribution in [-0.4, -0.2) is 108 Å². The molecule has 6 aromatic rings. The number of aromatic nitrogens is 8. The van der Waals surface area contributed by atoms with E-state index in [-0.39, 0.29) is 42.5 Å². The Labute approximate surface area is 383 Å². The molecule has 3 aliphatic heterocycles. The summed E-state index contributed by atoms with van der Waals surface area (Å²) in [7, 11) is 0. The van der Waals surface area contributed by atoms with Gasteiger partial charge in [0.1, 0.15) is 45.8 Å². The normalized spacial score (nSPS) is 25.2. The minimum atomic E-state index is -0.101. The van der Waals surface area contributed by atoms with E-state index in [0.717, 1.165) is 92.8 Å². The molecule has 3 atom stereocenters. The summed E-state index contributed by atoms with van der Waals surface area (Å²) in [6, 6.07) is 13.2. The predicted octanol–water partition coefficient (Wildman–Crippen LogP) is 6.77. The maximum Gasteiger partial charge on any atom is 0.226 e. The Morgan fingerprint density at radius 2 is 1.48 bits per heavy atom. The summed E-state index contributed by atoms with van der Waals surface area (Å²) < 4.78 is 29.6. The lowest BCUT2D eigenvalue weighted by Gasteiger charge is -2.42. The monoisotopic (exact) mass is 887 g/mol. The molecule has 0 spiro atoms. The van der Waals surface area contributed by atoms with Gasteiger partial charge >= 0.3 is 0 Å². The Kier molecular flexibility index (Phi) is 11.3. The Morgan fingerprint density at radius 3 is 2.17 bits per heavy atom. The molecule has 0 amide bonds. The van der Waals surface area contributed by atoms with E-state index in [1.54, 1.807) is 27.6 Å². The summed E-state index contributed by atoms with van der Waals surface area (Å²) in [5.74, 6) is 2.76. The van der Waals surface area contributed by atoms with Crippen LogP contribution in [0.4, 0.5) is 17.6 Å². The molecule has 17 nitrogen and oxygen atoms in total. The number of hydrogen-bond acceptors (Lipinski definition) is 15. The van der Waals surface area contributed by atoms with Crippen LogP contribution in [0.15, 0.2) is 67.5 Å². The molecule has 3 unspecified atom stereocenters. The Bertz CT molecular complexity index is 2870. The van der Waals surface area contributed by atoms with E-state index in [9.17, 15) is 10.5 Å². The third kappa shape index (κ3) is 8.33. The van der Waals surface area contributed by atoms with E-state index in [0.29, 0.717) is 65.9 Å². The molecule has 2 bridgehead atoms. The number of aryl methyl sites for hydroxylation is 2. The van der Waals surface area contributed by atoms with Crippen molar-refractivity contribution in [2.45, 2.75) is 121 Å². The number of pyridine rings is 2. The van der Waals surface area contributed by atoms with E-state index in [1.165, 1.54) is 5.57 Å². The topological polar surface area (TPSA) is 189 Å². The highest BCUT2D eigenvalue weighted by atomic mass is 16.5. The Hall–Kier alpha value is -6.82. The minimum absolute atomic E-state index is 0.00115. The second-order valence-electron chi connectivity index (χ2n) is 18.4. The standard InChI is InChI=1S/C49H53N13O4/c1-30-11-15-52-48(56-30)58-36-3-7-39(8-4-36)65-44-20-38(27-61-47(44)35(23-51)25-55-61)59-28-41-21-42(45(29-59)66-41)62(49-53-16-12-31(2)57-49)37-5-9-40(10-6-37)64-43-19-33(32-13-17-63-18-14-32)26-60-46(43)34(22-50)24-54-60/h11-13,15-16,19-20,24-27,36-37,39-42,45H,3-10,14,17-18,21,28-29H2,1-2H3,(H,52,56,58). The fourth-order valence-electron chi connectivity index (χ4n) is 10.7. The van der Waals surface area contributed by atoms with Gasteiger partial charge in [-0.05, 0) is 107 Å². The molecule has 338 valence electrons. The van der Waals surface area contributed by atoms with E-state index >= 15 is 0 Å². The third-order valence-electron chi connectivity index (χ3n) is 14.0. The molecule has 11 rings (SSSR count). The molecule has 0 radical (unpaired) electrons. The van der Waals surface area contributed by atoms with Gasteiger partial charge in [0.05, 0.1) is 67.9 Å². The van der Waals surface area contributed by atoms with Crippen LogP contribution < -0.4 is 24.6 Å². The first kappa shape index (κ1) is 41.9. The Morgan fingerprint density at radius 1 is 0.803 bits per heavy atom. The van der Waals surface area contributed by atoms with Crippen LogP contribution in [0.3, 0.4) is 0 Å². The van der Waals surface area contributed by atoms with Gasteiger partial charge in [-0.1, -0.05) is 6.08 Å². The van der Waals surface area contributed by atoms with E-state index in [4.69, 9.17) is 28.9 Å². The number of nitrogens with zero attached hydrogens (tertiary/aromatic N) is 12. The molecule has 17 heteroatoms. The van der Waals surface area contributed by atoms with Gasteiger partial charge in [0.25, 0.3) is 0 Å². The highest BCUT2D eigenvalue weighted by Crippen LogP contribution is 2.41. The highest BCUT2D eigenvalue weighted by Gasteiger charge is 2.47. The average molecular weight is 888 g/mol. The van der Waals surface area contributed by atoms with E-state index in [1.807, 2.05) is 44.6 Å². The van der Waals surface area contributed by atoms with Gasteiger partial charge < -0.3 is 34.1 Å². The molecule has 0 aromatic carbocycles. The summed E-state index contributed by atoms with van der Waals surface area (Å²) >= 11 is 0. The van der Waals surface area contributed by atoms with E-state index in [2.05, 4.69) is 65.6 Å². The quantitative estimate of drug-likeness (QED) is 0.143. The molecular weight excluding hydrogens is 835 g/mol. The van der Waals surface area contributed by atoms with Crippen molar-refractivity contribution >= 4 is 34.2 Å². The number of nitriles is 2. The summed E-state index contributed by atoms with van der Waals surface area (Å²) in [6.07, 6.45) is 21.5. The lowest BCUT2D eigenvalue weighted by molar-refractivity contribution is 0.0253. The number of morpholine rings is 1. The molecule has 66 heavy (non-hydrogen) atoms. The maximum atomic E-state index is 10.1. The molecule has 6 aromatic heterocycles. The lowest BCUT2D eigenvalue weighted by Crippen LogP contribution is -2.53. The molecule has 1 N–H and O–H groups in total. The second-order valence-corrected chi connectivity index (χ2v) is 18.4. The first-order valence-corrected chi connectivity index (χ1v) is 23.3. The molecule has 9 heterocycles. The van der Waals surface area contributed by atoms with Crippen LogP contribution >= 0.6 is 0 Å². The largest absolute Gasteiger partial charge is 0.488 e. The van der Waals surface area contributed by atoms with Gasteiger partial charge in [-0.25, -0.2) is 29.0 Å². The molecule has 2 aliphatic carbocycles. The number of ether oxygens (including phenoxy) is 4. The van der Waals surface area contributed by atoms with Gasteiger partial charge in [-0.15, -0.1) is 0 Å². The van der Waals surface area contributed by atoms with Crippen molar-refractivity contribution in [2.24, 2.45) is 0 Å². The van der Waals surface area contributed by atoms with Crippen LogP contribution in [0.25, 0.3) is 16.6 Å². The van der Waals surface area contributed by atoms with Gasteiger partial charge in [-0.2, -0.15) is 20.7 Å². The van der Waals surface area contributed by atoms with Crippen LogP contribution in [0.1, 0.15) is 92.3 Å². The SMILES string of the molecule is Cc1ccnc(NC2CCC(Oc3cc(N4CC5CC(N(c6nccc(C)n6)C6CCC(Oc7cc(C8=CCOCC8)cn8ncc(C#N)c78)CC6)C(C4)O5)cn4ncc(C#N)c34)CC2)n1. The second kappa shape index (κ2) is 17.9. The van der Waals surface area contributed by atoms with Crippen molar-refractivity contribution in [2.75, 3.05) is 41.4 Å². The minimum Gasteiger partial charge on any atom is -0.488 e. The number of fused-ring (bicyclic) bond motifs is 4. The van der Waals surface area contributed by atoms with Crippen LogP contribution in [0.5, 0.6) is 11.5 Å². The highest BCUT2D eigenvalue weighted by molar-refractivity contribution is 5.75. The van der Waals surface area contributed by atoms with Crippen molar-refractivity contribution < 1.29 is 18.9 Å². The zero-order chi connectivity index (χ0) is 44.7. The van der Waals surface area contributed by atoms with Gasteiger partial charge in [0.2, 0.25) is 11.9 Å². The third-order valence-corrected chi connectivity index (χ3v) is 14.0. The molecule has 2 saturated carbocycles. The van der Waals surface area contributed by atoms with Crippen molar-refractivity contribution in [3.05, 3.63) is 95.6 Å². The smallest absolute Gasteiger partial charge is 0.226 e. The average Bonchev–Trinajstić information content (AvgIpc) is 4.05. The lowest BCUT2D eigenvalue weighted by atomic mass is 9.90. The number of hydrogen-bond donors (Lipinski definition) is 1. The number of nitrogens with one attached hydrogen (secondary N) is 1.